The van der Waals surface area contributed by atoms with Gasteiger partial charge in [0, 0.05) is 25.6 Å². The maximum absolute atomic E-state index is 12.2. The number of aryl methyl sites for hydroxylation is 1. The van der Waals surface area contributed by atoms with Crippen LogP contribution in [0.15, 0.2) is 34.5 Å². The van der Waals surface area contributed by atoms with Crippen LogP contribution in [0, 0.1) is 12.8 Å². The molecule has 0 aliphatic carbocycles. The van der Waals surface area contributed by atoms with Crippen LogP contribution in [0.2, 0.25) is 0 Å². The summed E-state index contributed by atoms with van der Waals surface area (Å²) in [7, 11) is -3.17. The lowest BCUT2D eigenvalue weighted by atomic mass is 9.95. The zero-order chi connectivity index (χ0) is 18.0. The van der Waals surface area contributed by atoms with Crippen LogP contribution in [-0.2, 0) is 16.6 Å². The molecule has 2 aliphatic heterocycles. The van der Waals surface area contributed by atoms with E-state index in [1.165, 1.54) is 5.56 Å². The topological polar surface area (TPSA) is 65.3 Å². The van der Waals surface area contributed by atoms with E-state index >= 15 is 0 Å². The second-order valence-corrected chi connectivity index (χ2v) is 9.31. The Labute approximate surface area is 155 Å². The van der Waals surface area contributed by atoms with Gasteiger partial charge in [-0.2, -0.15) is 5.11 Å². The largest absolute Gasteiger partial charge is 0.318 e. The molecule has 2 heterocycles. The van der Waals surface area contributed by atoms with Crippen molar-refractivity contribution in [2.45, 2.75) is 39.4 Å². The number of nitrogens with zero attached hydrogens (tertiary/aromatic N) is 4. The Bertz CT molecular complexity index is 761. The second-order valence-electron chi connectivity index (χ2n) is 6.69. The van der Waals surface area contributed by atoms with Crippen molar-refractivity contribution in [2.24, 2.45) is 16.1 Å². The highest BCUT2D eigenvalue weighted by Crippen LogP contribution is 2.30. The fourth-order valence-electron chi connectivity index (χ4n) is 3.39. The van der Waals surface area contributed by atoms with Gasteiger partial charge in [-0.25, -0.2) is 12.7 Å². The molecule has 6 nitrogen and oxygen atoms in total. The molecule has 8 heteroatoms. The molecule has 2 unspecified atom stereocenters. The Balaban J connectivity index is 1.74. The van der Waals surface area contributed by atoms with Crippen molar-refractivity contribution in [3.05, 3.63) is 35.4 Å². The van der Waals surface area contributed by atoms with Crippen molar-refractivity contribution in [2.75, 3.05) is 18.8 Å². The van der Waals surface area contributed by atoms with Gasteiger partial charge in [-0.1, -0.05) is 29.8 Å². The van der Waals surface area contributed by atoms with Gasteiger partial charge in [-0.15, -0.1) is 5.11 Å². The summed E-state index contributed by atoms with van der Waals surface area (Å²) >= 11 is 5.37. The molecular weight excluding hydrogens is 356 g/mol. The van der Waals surface area contributed by atoms with Crippen molar-refractivity contribution in [3.8, 4) is 0 Å². The number of thiocarbonyl (C=S) groups is 1. The summed E-state index contributed by atoms with van der Waals surface area (Å²) in [5.41, 5.74) is 2.37. The first-order chi connectivity index (χ1) is 11.9. The van der Waals surface area contributed by atoms with Gasteiger partial charge >= 0.3 is 0 Å². The zero-order valence-corrected chi connectivity index (χ0v) is 16.3. The fourth-order valence-corrected chi connectivity index (χ4v) is 4.80. The lowest BCUT2D eigenvalue weighted by Gasteiger charge is -2.36. The van der Waals surface area contributed by atoms with E-state index in [4.69, 9.17) is 12.2 Å². The summed E-state index contributed by atoms with van der Waals surface area (Å²) in [6.45, 7) is 5.48. The number of benzene rings is 1. The molecule has 0 N–H and O–H groups in total. The normalized spacial score (nSPS) is 24.9. The second kappa shape index (κ2) is 7.47. The van der Waals surface area contributed by atoms with Crippen molar-refractivity contribution < 1.29 is 8.42 Å². The minimum Gasteiger partial charge on any atom is -0.318 e. The molecule has 0 bridgehead atoms. The quantitative estimate of drug-likeness (QED) is 0.737. The van der Waals surface area contributed by atoms with Crippen molar-refractivity contribution in [1.29, 1.82) is 0 Å². The Kier molecular flexibility index (Phi) is 5.50. The average molecular weight is 381 g/mol. The number of rotatable bonds is 5. The van der Waals surface area contributed by atoms with Gasteiger partial charge < -0.3 is 4.90 Å². The number of hydrogen-bond acceptors (Lipinski definition) is 4. The van der Waals surface area contributed by atoms with Gasteiger partial charge in [-0.3, -0.25) is 0 Å². The predicted octanol–water partition coefficient (Wildman–Crippen LogP) is 2.94. The van der Waals surface area contributed by atoms with Gasteiger partial charge in [0.1, 0.15) is 6.17 Å². The molecule has 1 saturated heterocycles. The Morgan fingerprint density at radius 1 is 1.28 bits per heavy atom. The highest BCUT2D eigenvalue weighted by molar-refractivity contribution is 7.89. The molecule has 0 amide bonds. The third kappa shape index (κ3) is 4.07. The molecule has 0 saturated carbocycles. The van der Waals surface area contributed by atoms with E-state index in [1.807, 2.05) is 4.90 Å². The van der Waals surface area contributed by atoms with E-state index in [9.17, 15) is 8.42 Å². The van der Waals surface area contributed by atoms with Gasteiger partial charge in [0.2, 0.25) is 15.1 Å². The Morgan fingerprint density at radius 2 is 2.00 bits per heavy atom. The monoisotopic (exact) mass is 380 g/mol. The van der Waals surface area contributed by atoms with Crippen LogP contribution in [0.25, 0.3) is 0 Å². The Morgan fingerprint density at radius 3 is 2.68 bits per heavy atom. The first kappa shape index (κ1) is 18.4. The fraction of sp³-hybridized carbons (Fsp3) is 0.588. The summed E-state index contributed by atoms with van der Waals surface area (Å²) in [4.78, 5) is 2.02. The van der Waals surface area contributed by atoms with E-state index in [2.05, 4.69) is 41.4 Å². The minimum atomic E-state index is -3.17. The van der Waals surface area contributed by atoms with Crippen LogP contribution in [0.5, 0.6) is 0 Å². The van der Waals surface area contributed by atoms with E-state index in [0.717, 1.165) is 18.4 Å². The van der Waals surface area contributed by atoms with Crippen LogP contribution >= 0.6 is 12.2 Å². The van der Waals surface area contributed by atoms with Gasteiger partial charge in [0.15, 0.2) is 0 Å². The van der Waals surface area contributed by atoms with Crippen molar-refractivity contribution in [3.63, 3.8) is 0 Å². The van der Waals surface area contributed by atoms with E-state index < -0.39 is 10.0 Å². The SMILES string of the molecule is CCS(=O)(=O)N1CCCC(C2N=NC(=S)N2Cc2ccc(C)cc2)C1. The molecule has 25 heavy (non-hydrogen) atoms. The zero-order valence-electron chi connectivity index (χ0n) is 14.6. The first-order valence-electron chi connectivity index (χ1n) is 8.65. The molecule has 0 aromatic heterocycles. The molecular formula is C17H24N4O2S2. The van der Waals surface area contributed by atoms with Gasteiger partial charge in [0.05, 0.1) is 5.75 Å². The first-order valence-corrected chi connectivity index (χ1v) is 10.7. The molecule has 0 spiro atoms. The molecule has 2 atom stereocenters. The third-order valence-corrected chi connectivity index (χ3v) is 7.06. The average Bonchev–Trinajstić information content (AvgIpc) is 2.98. The molecule has 136 valence electrons. The smallest absolute Gasteiger partial charge is 0.218 e. The third-order valence-electron chi connectivity index (χ3n) is 4.90. The lowest BCUT2D eigenvalue weighted by Crippen LogP contribution is -2.47. The number of sulfonamides is 1. The molecule has 1 aromatic rings. The molecule has 1 fully saturated rings. The van der Waals surface area contributed by atoms with E-state index in [-0.39, 0.29) is 17.8 Å². The van der Waals surface area contributed by atoms with Crippen LogP contribution in [-0.4, -0.2) is 47.7 Å². The van der Waals surface area contributed by atoms with E-state index in [0.29, 0.717) is 24.7 Å². The summed E-state index contributed by atoms with van der Waals surface area (Å²) in [6.07, 6.45) is 1.61. The Hall–Kier alpha value is -1.38. The van der Waals surface area contributed by atoms with Crippen molar-refractivity contribution >= 4 is 27.4 Å². The highest BCUT2D eigenvalue weighted by Gasteiger charge is 2.38. The molecule has 0 radical (unpaired) electrons. The van der Waals surface area contributed by atoms with Crippen LogP contribution < -0.4 is 0 Å². The summed E-state index contributed by atoms with van der Waals surface area (Å²) in [6, 6.07) is 8.33. The highest BCUT2D eigenvalue weighted by atomic mass is 32.2. The number of hydrogen-bond donors (Lipinski definition) is 0. The molecule has 3 rings (SSSR count). The summed E-state index contributed by atoms with van der Waals surface area (Å²) in [5.74, 6) is 0.252. The van der Waals surface area contributed by atoms with E-state index in [1.54, 1.807) is 11.2 Å². The van der Waals surface area contributed by atoms with Gasteiger partial charge in [-0.05, 0) is 44.5 Å². The van der Waals surface area contributed by atoms with Crippen LogP contribution in [0.1, 0.15) is 30.9 Å². The van der Waals surface area contributed by atoms with Crippen LogP contribution in [0.4, 0.5) is 0 Å². The summed E-state index contributed by atoms with van der Waals surface area (Å²) in [5, 5.41) is 8.96. The lowest BCUT2D eigenvalue weighted by molar-refractivity contribution is 0.167. The number of azo groups is 1. The maximum Gasteiger partial charge on any atom is 0.218 e. The molecule has 1 aromatic carbocycles. The standard InChI is InChI=1S/C17H24N4O2S2/c1-3-25(22,23)20-10-4-5-15(12-20)16-18-19-17(24)21(16)11-14-8-6-13(2)7-9-14/h6-9,15-16H,3-5,10-12H2,1-2H3. The summed E-state index contributed by atoms with van der Waals surface area (Å²) < 4.78 is 26.0. The minimum absolute atomic E-state index is 0.115. The van der Waals surface area contributed by atoms with Crippen molar-refractivity contribution in [1.82, 2.24) is 9.21 Å². The molecule has 2 aliphatic rings. The van der Waals surface area contributed by atoms with Gasteiger partial charge in [0.25, 0.3) is 0 Å². The van der Waals surface area contributed by atoms with Crippen LogP contribution in [0.3, 0.4) is 0 Å². The number of piperidine rings is 1. The maximum atomic E-state index is 12.2. The predicted molar refractivity (Wildman–Crippen MR) is 102 cm³/mol.